The van der Waals surface area contributed by atoms with Crippen LogP contribution in [0.15, 0.2) is 36.4 Å². The summed E-state index contributed by atoms with van der Waals surface area (Å²) in [5.74, 6) is 2.51. The fraction of sp³-hybridized carbons (Fsp3) is 0.412. The Morgan fingerprint density at radius 1 is 1.10 bits per heavy atom. The number of hydrogen-bond acceptors (Lipinski definition) is 4. The third kappa shape index (κ3) is 4.18. The predicted molar refractivity (Wildman–Crippen MR) is 86.6 cm³/mol. The van der Waals surface area contributed by atoms with Crippen LogP contribution in [-0.2, 0) is 0 Å². The predicted octanol–water partition coefficient (Wildman–Crippen LogP) is 4.00. The van der Waals surface area contributed by atoms with Crippen LogP contribution in [0.2, 0.25) is 0 Å². The largest absolute Gasteiger partial charge is 0.474 e. The molecular formula is C17H23N3O. The molecule has 1 N–H and O–H groups in total. The van der Waals surface area contributed by atoms with Crippen LogP contribution in [0.5, 0.6) is 5.88 Å². The topological polar surface area (TPSA) is 47.0 Å². The van der Waals surface area contributed by atoms with Crippen LogP contribution in [-0.4, -0.2) is 22.6 Å². The van der Waals surface area contributed by atoms with Gasteiger partial charge in [0.15, 0.2) is 5.82 Å². The second kappa shape index (κ2) is 7.07. The molecule has 2 rings (SSSR count). The van der Waals surface area contributed by atoms with Crippen LogP contribution in [0, 0.1) is 5.92 Å². The summed E-state index contributed by atoms with van der Waals surface area (Å²) < 4.78 is 5.93. The van der Waals surface area contributed by atoms with E-state index < -0.39 is 0 Å². The quantitative estimate of drug-likeness (QED) is 0.871. The van der Waals surface area contributed by atoms with Gasteiger partial charge in [-0.25, -0.2) is 4.98 Å². The van der Waals surface area contributed by atoms with Crippen LogP contribution in [0.4, 0.5) is 5.82 Å². The van der Waals surface area contributed by atoms with Crippen LogP contribution >= 0.6 is 0 Å². The maximum Gasteiger partial charge on any atom is 0.219 e. The Hall–Kier alpha value is -2.10. The van der Waals surface area contributed by atoms with E-state index in [0.717, 1.165) is 17.9 Å². The molecule has 1 aromatic heterocycles. The number of benzene rings is 1. The van der Waals surface area contributed by atoms with Crippen LogP contribution in [0.3, 0.4) is 0 Å². The van der Waals surface area contributed by atoms with Crippen molar-refractivity contribution in [3.05, 3.63) is 36.4 Å². The summed E-state index contributed by atoms with van der Waals surface area (Å²) in [5.41, 5.74) is 0.985. The summed E-state index contributed by atoms with van der Waals surface area (Å²) in [5, 5.41) is 3.23. The van der Waals surface area contributed by atoms with E-state index in [0.29, 0.717) is 17.6 Å². The highest BCUT2D eigenvalue weighted by Crippen LogP contribution is 2.22. The molecule has 0 spiro atoms. The maximum atomic E-state index is 5.93. The molecule has 0 radical (unpaired) electrons. The van der Waals surface area contributed by atoms with Gasteiger partial charge in [-0.05, 0) is 19.8 Å². The Morgan fingerprint density at radius 3 is 2.43 bits per heavy atom. The van der Waals surface area contributed by atoms with E-state index in [-0.39, 0.29) is 6.10 Å². The van der Waals surface area contributed by atoms with E-state index in [1.807, 2.05) is 43.3 Å². The number of anilines is 1. The molecule has 0 aliphatic heterocycles. The van der Waals surface area contributed by atoms with E-state index in [9.17, 15) is 0 Å². The van der Waals surface area contributed by atoms with E-state index >= 15 is 0 Å². The molecule has 0 aliphatic rings. The van der Waals surface area contributed by atoms with Crippen molar-refractivity contribution >= 4 is 5.82 Å². The highest BCUT2D eigenvalue weighted by atomic mass is 16.5. The number of nitrogens with one attached hydrogen (secondary N) is 1. The lowest BCUT2D eigenvalue weighted by atomic mass is 10.1. The first-order valence-corrected chi connectivity index (χ1v) is 7.45. The fourth-order valence-corrected chi connectivity index (χ4v) is 1.80. The summed E-state index contributed by atoms with van der Waals surface area (Å²) >= 11 is 0. The Bertz CT molecular complexity index is 570. The zero-order valence-corrected chi connectivity index (χ0v) is 13.1. The molecule has 0 aliphatic carbocycles. The number of nitrogens with zero attached hydrogens (tertiary/aromatic N) is 2. The van der Waals surface area contributed by atoms with E-state index in [1.54, 1.807) is 0 Å². The summed E-state index contributed by atoms with van der Waals surface area (Å²) in [7, 11) is 0. The SMILES string of the molecule is CCNc1cc(OC(C)C(C)C)nc(-c2ccccc2)n1. The Morgan fingerprint density at radius 2 is 1.81 bits per heavy atom. The van der Waals surface area contributed by atoms with Gasteiger partial charge in [0, 0.05) is 18.2 Å². The van der Waals surface area contributed by atoms with Crippen LogP contribution < -0.4 is 10.1 Å². The Labute approximate surface area is 126 Å². The van der Waals surface area contributed by atoms with Crippen molar-refractivity contribution in [2.24, 2.45) is 5.92 Å². The van der Waals surface area contributed by atoms with Crippen molar-refractivity contribution in [1.82, 2.24) is 9.97 Å². The highest BCUT2D eigenvalue weighted by molar-refractivity contribution is 5.58. The van der Waals surface area contributed by atoms with Gasteiger partial charge >= 0.3 is 0 Å². The molecule has 0 fully saturated rings. The molecule has 2 aromatic rings. The second-order valence-electron chi connectivity index (χ2n) is 5.38. The van der Waals surface area contributed by atoms with Crippen LogP contribution in [0.1, 0.15) is 27.7 Å². The lowest BCUT2D eigenvalue weighted by Gasteiger charge is -2.18. The third-order valence-electron chi connectivity index (χ3n) is 3.34. The molecule has 0 bridgehead atoms. The lowest BCUT2D eigenvalue weighted by molar-refractivity contribution is 0.163. The molecule has 112 valence electrons. The normalized spacial score (nSPS) is 12.2. The summed E-state index contributed by atoms with van der Waals surface area (Å²) in [6.07, 6.45) is 0.109. The Balaban J connectivity index is 2.34. The van der Waals surface area contributed by atoms with Gasteiger partial charge in [-0.1, -0.05) is 44.2 Å². The van der Waals surface area contributed by atoms with Crippen molar-refractivity contribution < 1.29 is 4.74 Å². The average Bonchev–Trinajstić information content (AvgIpc) is 2.48. The van der Waals surface area contributed by atoms with Gasteiger partial charge in [-0.15, -0.1) is 0 Å². The number of aromatic nitrogens is 2. The third-order valence-corrected chi connectivity index (χ3v) is 3.34. The highest BCUT2D eigenvalue weighted by Gasteiger charge is 2.12. The first-order valence-electron chi connectivity index (χ1n) is 7.45. The molecule has 0 saturated carbocycles. The minimum Gasteiger partial charge on any atom is -0.474 e. The van der Waals surface area contributed by atoms with Crippen molar-refractivity contribution in [1.29, 1.82) is 0 Å². The summed E-state index contributed by atoms with van der Waals surface area (Å²) in [6.45, 7) is 9.18. The molecule has 4 heteroatoms. The van der Waals surface area contributed by atoms with Crippen molar-refractivity contribution in [3.8, 4) is 17.3 Å². The lowest BCUT2D eigenvalue weighted by Crippen LogP contribution is -2.19. The first kappa shape index (κ1) is 15.3. The first-order chi connectivity index (χ1) is 10.1. The van der Waals surface area contributed by atoms with Gasteiger partial charge in [-0.2, -0.15) is 4.98 Å². The van der Waals surface area contributed by atoms with Gasteiger partial charge in [0.25, 0.3) is 0 Å². The van der Waals surface area contributed by atoms with E-state index in [2.05, 4.69) is 36.1 Å². The van der Waals surface area contributed by atoms with Crippen molar-refractivity contribution in [2.45, 2.75) is 33.8 Å². The Kier molecular flexibility index (Phi) is 5.14. The minimum atomic E-state index is 0.109. The molecule has 1 unspecified atom stereocenters. The molecule has 0 amide bonds. The van der Waals surface area contributed by atoms with Gasteiger partial charge < -0.3 is 10.1 Å². The number of hydrogen-bond donors (Lipinski definition) is 1. The molecule has 0 saturated heterocycles. The van der Waals surface area contributed by atoms with Gasteiger partial charge in [0.1, 0.15) is 5.82 Å². The van der Waals surface area contributed by atoms with Crippen molar-refractivity contribution in [2.75, 3.05) is 11.9 Å². The molecule has 4 nitrogen and oxygen atoms in total. The molecular weight excluding hydrogens is 262 g/mol. The van der Waals surface area contributed by atoms with Crippen molar-refractivity contribution in [3.63, 3.8) is 0 Å². The molecule has 1 atom stereocenters. The van der Waals surface area contributed by atoms with Gasteiger partial charge in [0.2, 0.25) is 5.88 Å². The van der Waals surface area contributed by atoms with E-state index in [1.165, 1.54) is 0 Å². The second-order valence-corrected chi connectivity index (χ2v) is 5.38. The molecule has 1 heterocycles. The number of ether oxygens (including phenoxy) is 1. The zero-order chi connectivity index (χ0) is 15.2. The standard InChI is InChI=1S/C17H23N3O/c1-5-18-15-11-16(21-13(4)12(2)3)20-17(19-15)14-9-7-6-8-10-14/h6-13H,5H2,1-4H3,(H,18,19,20). The zero-order valence-electron chi connectivity index (χ0n) is 13.1. The summed E-state index contributed by atoms with van der Waals surface area (Å²) in [4.78, 5) is 9.08. The molecule has 21 heavy (non-hydrogen) atoms. The monoisotopic (exact) mass is 285 g/mol. The maximum absolute atomic E-state index is 5.93. The molecule has 1 aromatic carbocycles. The van der Waals surface area contributed by atoms with E-state index in [4.69, 9.17) is 4.74 Å². The van der Waals surface area contributed by atoms with Gasteiger partial charge in [-0.3, -0.25) is 0 Å². The summed E-state index contributed by atoms with van der Waals surface area (Å²) in [6, 6.07) is 11.8. The number of rotatable bonds is 6. The smallest absolute Gasteiger partial charge is 0.219 e. The fourth-order valence-electron chi connectivity index (χ4n) is 1.80. The average molecular weight is 285 g/mol. The van der Waals surface area contributed by atoms with Gasteiger partial charge in [0.05, 0.1) is 6.10 Å². The minimum absolute atomic E-state index is 0.109. The van der Waals surface area contributed by atoms with Crippen LogP contribution in [0.25, 0.3) is 11.4 Å².